The lowest BCUT2D eigenvalue weighted by atomic mass is 9.96. The second-order valence-corrected chi connectivity index (χ2v) is 3.40. The van der Waals surface area contributed by atoms with Crippen LogP contribution in [0.4, 0.5) is 0 Å². The molecule has 1 aromatic carbocycles. The zero-order chi connectivity index (χ0) is 11.6. The number of phenolic OH excluding ortho intramolecular Hbond substituents is 1. The van der Waals surface area contributed by atoms with Gasteiger partial charge in [-0.3, -0.25) is 10.5 Å². The van der Waals surface area contributed by atoms with E-state index in [1.54, 1.807) is 0 Å². The summed E-state index contributed by atoms with van der Waals surface area (Å²) in [6.07, 6.45) is -0.716. The molecule has 16 heavy (non-hydrogen) atoms. The van der Waals surface area contributed by atoms with E-state index in [-0.39, 0.29) is 29.3 Å². The van der Waals surface area contributed by atoms with E-state index < -0.39 is 11.8 Å². The highest BCUT2D eigenvalue weighted by Gasteiger charge is 2.32. The lowest BCUT2D eigenvalue weighted by Gasteiger charge is -2.27. The van der Waals surface area contributed by atoms with Gasteiger partial charge in [0.1, 0.15) is 12.0 Å². The summed E-state index contributed by atoms with van der Waals surface area (Å²) in [6, 6.07) is 3.85. The molecule has 1 rings (SSSR count). The lowest BCUT2D eigenvalue weighted by molar-refractivity contribution is -0.0682. The van der Waals surface area contributed by atoms with E-state index >= 15 is 0 Å². The standard InChI is InChI=1S/C10H13NO4.ClH/c1-6(13)10(11,15)8-4-7(5-12)2-3-9(8)14;/h2-6,13-15H,11H2,1H3;1H/t6-,10+;/m0./s1. The molecule has 0 bridgehead atoms. The Morgan fingerprint density at radius 2 is 2.06 bits per heavy atom. The van der Waals surface area contributed by atoms with Crippen LogP contribution in [-0.4, -0.2) is 27.7 Å². The van der Waals surface area contributed by atoms with Gasteiger partial charge in [-0.1, -0.05) is 0 Å². The summed E-state index contributed by atoms with van der Waals surface area (Å²) in [4.78, 5) is 10.5. The third-order valence-electron chi connectivity index (χ3n) is 2.23. The molecule has 5 nitrogen and oxygen atoms in total. The van der Waals surface area contributed by atoms with Crippen LogP contribution in [0.2, 0.25) is 0 Å². The van der Waals surface area contributed by atoms with Gasteiger partial charge in [-0.15, -0.1) is 12.4 Å². The number of benzene rings is 1. The molecular weight excluding hydrogens is 234 g/mol. The number of aldehydes is 1. The van der Waals surface area contributed by atoms with E-state index in [0.29, 0.717) is 6.29 Å². The van der Waals surface area contributed by atoms with Crippen molar-refractivity contribution in [3.63, 3.8) is 0 Å². The van der Waals surface area contributed by atoms with E-state index in [2.05, 4.69) is 0 Å². The number of hydrogen-bond donors (Lipinski definition) is 4. The first-order valence-electron chi connectivity index (χ1n) is 4.37. The van der Waals surface area contributed by atoms with Crippen LogP contribution in [0.5, 0.6) is 5.75 Å². The Hall–Kier alpha value is -1.14. The minimum Gasteiger partial charge on any atom is -0.508 e. The number of aliphatic hydroxyl groups is 2. The smallest absolute Gasteiger partial charge is 0.169 e. The average Bonchev–Trinajstić information content (AvgIpc) is 2.18. The monoisotopic (exact) mass is 247 g/mol. The molecule has 0 amide bonds. The van der Waals surface area contributed by atoms with Crippen LogP contribution in [0.3, 0.4) is 0 Å². The van der Waals surface area contributed by atoms with Crippen molar-refractivity contribution in [2.75, 3.05) is 0 Å². The Morgan fingerprint density at radius 3 is 2.50 bits per heavy atom. The Labute approximate surface area is 98.9 Å². The summed E-state index contributed by atoms with van der Waals surface area (Å²) in [7, 11) is 0. The molecule has 6 heteroatoms. The molecule has 0 heterocycles. The first-order chi connectivity index (χ1) is 6.89. The van der Waals surface area contributed by atoms with Gasteiger partial charge < -0.3 is 15.3 Å². The lowest BCUT2D eigenvalue weighted by Crippen LogP contribution is -2.46. The summed E-state index contributed by atoms with van der Waals surface area (Å²) >= 11 is 0. The van der Waals surface area contributed by atoms with E-state index in [0.717, 1.165) is 0 Å². The minimum atomic E-state index is -2.08. The number of nitrogens with two attached hydrogens (primary N) is 1. The Morgan fingerprint density at radius 1 is 1.50 bits per heavy atom. The number of carbonyl (C=O) groups excluding carboxylic acids is 1. The predicted molar refractivity (Wildman–Crippen MR) is 60.5 cm³/mol. The average molecular weight is 248 g/mol. The van der Waals surface area contributed by atoms with Crippen LogP contribution < -0.4 is 5.73 Å². The highest BCUT2D eigenvalue weighted by molar-refractivity contribution is 5.85. The number of aliphatic hydroxyl groups excluding tert-OH is 1. The first-order valence-corrected chi connectivity index (χ1v) is 4.37. The zero-order valence-electron chi connectivity index (χ0n) is 8.62. The Kier molecular flexibility index (Phi) is 4.89. The fraction of sp³-hybridized carbons (Fsp3) is 0.300. The third-order valence-corrected chi connectivity index (χ3v) is 2.23. The number of rotatable bonds is 3. The summed E-state index contributed by atoms with van der Waals surface area (Å²) < 4.78 is 0. The molecule has 0 fully saturated rings. The summed E-state index contributed by atoms with van der Waals surface area (Å²) in [5, 5.41) is 28.4. The maximum absolute atomic E-state index is 10.5. The first kappa shape index (κ1) is 14.9. The Bertz CT molecular complexity index is 379. The molecule has 0 radical (unpaired) electrons. The molecule has 0 unspecified atom stereocenters. The SMILES string of the molecule is C[C@H](O)[C@@](N)(O)c1cc(C=O)ccc1O.Cl. The zero-order valence-corrected chi connectivity index (χ0v) is 9.44. The molecular formula is C10H14ClNO4. The van der Waals surface area contributed by atoms with Gasteiger partial charge in [0.25, 0.3) is 0 Å². The number of hydrogen-bond acceptors (Lipinski definition) is 5. The van der Waals surface area contributed by atoms with Gasteiger partial charge in [0.15, 0.2) is 5.72 Å². The van der Waals surface area contributed by atoms with Gasteiger partial charge in [0.05, 0.1) is 6.10 Å². The highest BCUT2D eigenvalue weighted by atomic mass is 35.5. The van der Waals surface area contributed by atoms with Crippen molar-refractivity contribution < 1.29 is 20.1 Å². The van der Waals surface area contributed by atoms with Crippen molar-refractivity contribution in [2.24, 2.45) is 5.73 Å². The molecule has 0 spiro atoms. The van der Waals surface area contributed by atoms with Crippen LogP contribution in [-0.2, 0) is 5.72 Å². The summed E-state index contributed by atoms with van der Waals surface area (Å²) in [5.41, 5.74) is 3.53. The third kappa shape index (κ3) is 2.70. The number of carbonyl (C=O) groups is 1. The van der Waals surface area contributed by atoms with E-state index in [9.17, 15) is 20.1 Å². The summed E-state index contributed by atoms with van der Waals surface area (Å²) in [6.45, 7) is 1.28. The van der Waals surface area contributed by atoms with E-state index in [1.807, 2.05) is 0 Å². The number of aromatic hydroxyl groups is 1. The molecule has 0 saturated carbocycles. The van der Waals surface area contributed by atoms with Crippen LogP contribution in [0.15, 0.2) is 18.2 Å². The second-order valence-electron chi connectivity index (χ2n) is 3.40. The van der Waals surface area contributed by atoms with Crippen LogP contribution in [0.25, 0.3) is 0 Å². The number of phenols is 1. The van der Waals surface area contributed by atoms with Crippen molar-refractivity contribution in [1.29, 1.82) is 0 Å². The van der Waals surface area contributed by atoms with Crippen molar-refractivity contribution in [3.05, 3.63) is 29.3 Å². The molecule has 5 N–H and O–H groups in total. The van der Waals surface area contributed by atoms with Gasteiger partial charge in [-0.25, -0.2) is 0 Å². The topological polar surface area (TPSA) is 104 Å². The van der Waals surface area contributed by atoms with Crippen molar-refractivity contribution >= 4 is 18.7 Å². The van der Waals surface area contributed by atoms with E-state index in [4.69, 9.17) is 5.73 Å². The van der Waals surface area contributed by atoms with E-state index in [1.165, 1.54) is 25.1 Å². The molecule has 2 atom stereocenters. The minimum absolute atomic E-state index is 0. The van der Waals surface area contributed by atoms with Crippen LogP contribution in [0, 0.1) is 0 Å². The van der Waals surface area contributed by atoms with Crippen LogP contribution >= 0.6 is 12.4 Å². The predicted octanol–water partition coefficient (Wildman–Crippen LogP) is 0.111. The highest BCUT2D eigenvalue weighted by Crippen LogP contribution is 2.28. The molecule has 0 aliphatic heterocycles. The van der Waals surface area contributed by atoms with Gasteiger partial charge in [0, 0.05) is 11.1 Å². The van der Waals surface area contributed by atoms with Crippen LogP contribution in [0.1, 0.15) is 22.8 Å². The summed E-state index contributed by atoms with van der Waals surface area (Å²) in [5.74, 6) is -0.272. The quantitative estimate of drug-likeness (QED) is 0.448. The Balaban J connectivity index is 0.00000225. The van der Waals surface area contributed by atoms with Gasteiger partial charge in [-0.2, -0.15) is 0 Å². The van der Waals surface area contributed by atoms with Crippen molar-refractivity contribution in [1.82, 2.24) is 0 Å². The maximum Gasteiger partial charge on any atom is 0.169 e. The molecule has 90 valence electrons. The number of halogens is 1. The second kappa shape index (κ2) is 5.27. The van der Waals surface area contributed by atoms with Gasteiger partial charge in [0.2, 0.25) is 0 Å². The van der Waals surface area contributed by atoms with Crippen molar-refractivity contribution in [2.45, 2.75) is 18.8 Å². The molecule has 0 aromatic heterocycles. The maximum atomic E-state index is 10.5. The van der Waals surface area contributed by atoms with Crippen molar-refractivity contribution in [3.8, 4) is 5.75 Å². The largest absolute Gasteiger partial charge is 0.508 e. The molecule has 0 aliphatic carbocycles. The molecule has 0 saturated heterocycles. The molecule has 1 aromatic rings. The van der Waals surface area contributed by atoms with Gasteiger partial charge in [-0.05, 0) is 25.1 Å². The molecule has 0 aliphatic rings. The fourth-order valence-electron chi connectivity index (χ4n) is 1.17. The normalized spacial score (nSPS) is 15.8. The van der Waals surface area contributed by atoms with Gasteiger partial charge >= 0.3 is 0 Å². The fourth-order valence-corrected chi connectivity index (χ4v) is 1.17.